The number of piperazine rings is 1. The van der Waals surface area contributed by atoms with Gasteiger partial charge in [-0.25, -0.2) is 23.1 Å². The number of fused-ring (bicyclic) bond motifs is 1. The van der Waals surface area contributed by atoms with Crippen LogP contribution >= 0.6 is 0 Å². The molecule has 0 radical (unpaired) electrons. The minimum absolute atomic E-state index is 0.219. The number of nitrogens with two attached hydrogens (primary N) is 1. The summed E-state index contributed by atoms with van der Waals surface area (Å²) in [7, 11) is 0. The van der Waals surface area contributed by atoms with Gasteiger partial charge in [0.1, 0.15) is 22.8 Å². The molecule has 2 aromatic rings. The quantitative estimate of drug-likeness (QED) is 0.829. The first-order valence-corrected chi connectivity index (χ1v) is 9.06. The second-order valence-electron chi connectivity index (χ2n) is 7.13. The minimum atomic E-state index is -1.22. The summed E-state index contributed by atoms with van der Waals surface area (Å²) in [5, 5.41) is -0.390. The highest BCUT2D eigenvalue weighted by Gasteiger charge is 2.31. The van der Waals surface area contributed by atoms with Gasteiger partial charge in [0.25, 0.3) is 0 Å². The lowest BCUT2D eigenvalue weighted by molar-refractivity contribution is 0.187. The average Bonchev–Trinajstić information content (AvgIpc) is 3.15. The maximum Gasteiger partial charge on any atom is 0.186 e. The Morgan fingerprint density at radius 3 is 2.23 bits per heavy atom. The Morgan fingerprint density at radius 2 is 1.58 bits per heavy atom. The summed E-state index contributed by atoms with van der Waals surface area (Å²) in [6.45, 7) is 3.88. The fourth-order valence-corrected chi connectivity index (χ4v) is 4.25. The summed E-state index contributed by atoms with van der Waals surface area (Å²) >= 11 is 0. The van der Waals surface area contributed by atoms with E-state index in [2.05, 4.69) is 14.9 Å². The van der Waals surface area contributed by atoms with Gasteiger partial charge in [-0.15, -0.1) is 0 Å². The second-order valence-corrected chi connectivity index (χ2v) is 7.13. The van der Waals surface area contributed by atoms with Crippen molar-refractivity contribution in [3.63, 3.8) is 0 Å². The molecule has 0 unspecified atom stereocenters. The van der Waals surface area contributed by atoms with Crippen molar-refractivity contribution in [2.45, 2.75) is 38.6 Å². The van der Waals surface area contributed by atoms with Crippen LogP contribution in [0.2, 0.25) is 0 Å². The molecule has 1 aromatic carbocycles. The van der Waals surface area contributed by atoms with Crippen molar-refractivity contribution in [3.8, 4) is 0 Å². The van der Waals surface area contributed by atoms with Crippen LogP contribution in [0.4, 0.5) is 24.7 Å². The van der Waals surface area contributed by atoms with Crippen LogP contribution in [-0.4, -0.2) is 47.1 Å². The van der Waals surface area contributed by atoms with Crippen molar-refractivity contribution in [2.75, 3.05) is 36.8 Å². The number of nitrogen functional groups attached to an aromatic ring is 1. The van der Waals surface area contributed by atoms with Gasteiger partial charge in [0.2, 0.25) is 0 Å². The lowest BCUT2D eigenvalue weighted by Gasteiger charge is -2.39. The van der Waals surface area contributed by atoms with E-state index in [-0.39, 0.29) is 28.2 Å². The predicted octanol–water partition coefficient (Wildman–Crippen LogP) is 3.00. The second kappa shape index (κ2) is 6.57. The molecule has 0 amide bonds. The molecule has 2 aliphatic rings. The predicted molar refractivity (Wildman–Crippen MR) is 94.6 cm³/mol. The van der Waals surface area contributed by atoms with E-state index in [1.807, 2.05) is 0 Å². The van der Waals surface area contributed by atoms with Crippen molar-refractivity contribution in [2.24, 2.45) is 0 Å². The Kier molecular flexibility index (Phi) is 4.38. The number of hydrogen-bond acceptors (Lipinski definition) is 5. The van der Waals surface area contributed by atoms with Crippen LogP contribution in [0.25, 0.3) is 10.9 Å². The maximum atomic E-state index is 15.0. The van der Waals surface area contributed by atoms with E-state index in [0.29, 0.717) is 32.2 Å². The number of aryl methyl sites for hydroxylation is 1. The molecule has 1 aromatic heterocycles. The van der Waals surface area contributed by atoms with Crippen molar-refractivity contribution in [1.29, 1.82) is 0 Å². The summed E-state index contributed by atoms with van der Waals surface area (Å²) in [5.41, 5.74) is 5.06. The standard InChI is InChI=1S/C18H22F3N5/c1-10-23-16-12(18(22)24-10)13(19)14(20)17(15(16)21)26-8-6-25(7-9-26)11-4-2-3-5-11/h11H,2-9H2,1H3,(H2,22,23,24). The number of rotatable bonds is 2. The number of benzene rings is 1. The fraction of sp³-hybridized carbons (Fsp3) is 0.556. The van der Waals surface area contributed by atoms with Crippen LogP contribution < -0.4 is 10.6 Å². The van der Waals surface area contributed by atoms with Gasteiger partial charge < -0.3 is 10.6 Å². The van der Waals surface area contributed by atoms with Crippen molar-refractivity contribution in [1.82, 2.24) is 14.9 Å². The monoisotopic (exact) mass is 365 g/mol. The molecule has 2 fully saturated rings. The molecule has 2 N–H and O–H groups in total. The van der Waals surface area contributed by atoms with Gasteiger partial charge >= 0.3 is 0 Å². The number of hydrogen-bond donors (Lipinski definition) is 1. The molecular formula is C18H22F3N5. The molecule has 8 heteroatoms. The molecule has 1 saturated carbocycles. The molecular weight excluding hydrogens is 343 g/mol. The highest BCUT2D eigenvalue weighted by atomic mass is 19.2. The van der Waals surface area contributed by atoms with Crippen LogP contribution in [0.5, 0.6) is 0 Å². The van der Waals surface area contributed by atoms with E-state index < -0.39 is 17.5 Å². The number of nitrogens with zero attached hydrogens (tertiary/aromatic N) is 4. The van der Waals surface area contributed by atoms with E-state index in [1.165, 1.54) is 32.6 Å². The van der Waals surface area contributed by atoms with Gasteiger partial charge in [0.05, 0.1) is 5.39 Å². The van der Waals surface area contributed by atoms with Crippen LogP contribution in [0, 0.1) is 24.4 Å². The summed E-state index contributed by atoms with van der Waals surface area (Å²) < 4.78 is 44.3. The van der Waals surface area contributed by atoms with Crippen LogP contribution in [-0.2, 0) is 0 Å². The number of aromatic nitrogens is 2. The number of halogens is 3. The molecule has 140 valence electrons. The van der Waals surface area contributed by atoms with Crippen LogP contribution in [0.15, 0.2) is 0 Å². The zero-order valence-corrected chi connectivity index (χ0v) is 14.7. The van der Waals surface area contributed by atoms with Gasteiger partial charge in [-0.3, -0.25) is 4.90 Å². The Bertz CT molecular complexity index is 843. The summed E-state index contributed by atoms with van der Waals surface area (Å²) in [5.74, 6) is -3.31. The molecule has 5 nitrogen and oxygen atoms in total. The zero-order valence-electron chi connectivity index (χ0n) is 14.7. The van der Waals surface area contributed by atoms with Gasteiger partial charge in [-0.05, 0) is 19.8 Å². The summed E-state index contributed by atoms with van der Waals surface area (Å²) in [6, 6.07) is 0.565. The third-order valence-electron chi connectivity index (χ3n) is 5.56. The SMILES string of the molecule is Cc1nc(N)c2c(F)c(F)c(N3CCN(C4CCCC4)CC3)c(F)c2n1. The smallest absolute Gasteiger partial charge is 0.186 e. The van der Waals surface area contributed by atoms with E-state index in [0.717, 1.165) is 0 Å². The molecule has 26 heavy (non-hydrogen) atoms. The summed E-state index contributed by atoms with van der Waals surface area (Å²) in [6.07, 6.45) is 4.85. The Labute approximate surface area is 150 Å². The molecule has 1 aliphatic heterocycles. The Balaban J connectivity index is 1.69. The molecule has 1 aliphatic carbocycles. The fourth-order valence-electron chi connectivity index (χ4n) is 4.25. The first-order valence-electron chi connectivity index (χ1n) is 9.06. The molecule has 0 bridgehead atoms. The molecule has 1 saturated heterocycles. The van der Waals surface area contributed by atoms with Gasteiger partial charge in [0, 0.05) is 32.2 Å². The van der Waals surface area contributed by atoms with Crippen LogP contribution in [0.3, 0.4) is 0 Å². The largest absolute Gasteiger partial charge is 0.383 e. The molecule has 0 atom stereocenters. The highest BCUT2D eigenvalue weighted by Crippen LogP contribution is 2.35. The normalized spacial score (nSPS) is 19.6. The molecule has 2 heterocycles. The third-order valence-corrected chi connectivity index (χ3v) is 5.56. The zero-order chi connectivity index (χ0) is 18.4. The topological polar surface area (TPSA) is 58.3 Å². The van der Waals surface area contributed by atoms with E-state index >= 15 is 4.39 Å². The van der Waals surface area contributed by atoms with Crippen molar-refractivity contribution >= 4 is 22.4 Å². The lowest BCUT2D eigenvalue weighted by atomic mass is 10.1. The first-order chi connectivity index (χ1) is 12.5. The van der Waals surface area contributed by atoms with E-state index in [1.54, 1.807) is 4.90 Å². The first kappa shape index (κ1) is 17.3. The van der Waals surface area contributed by atoms with E-state index in [4.69, 9.17) is 5.73 Å². The van der Waals surface area contributed by atoms with Gasteiger partial charge in [0.15, 0.2) is 17.5 Å². The third kappa shape index (κ3) is 2.76. The maximum absolute atomic E-state index is 15.0. The average molecular weight is 365 g/mol. The van der Waals surface area contributed by atoms with Gasteiger partial charge in [-0.2, -0.15) is 0 Å². The van der Waals surface area contributed by atoms with Gasteiger partial charge in [-0.1, -0.05) is 12.8 Å². The van der Waals surface area contributed by atoms with E-state index in [9.17, 15) is 8.78 Å². The molecule has 4 rings (SSSR count). The molecule has 0 spiro atoms. The highest BCUT2D eigenvalue weighted by molar-refractivity contribution is 5.92. The van der Waals surface area contributed by atoms with Crippen LogP contribution in [0.1, 0.15) is 31.5 Å². The Morgan fingerprint density at radius 1 is 0.923 bits per heavy atom. The Hall–Kier alpha value is -2.09. The lowest BCUT2D eigenvalue weighted by Crippen LogP contribution is -2.50. The minimum Gasteiger partial charge on any atom is -0.383 e. The number of anilines is 2. The summed E-state index contributed by atoms with van der Waals surface area (Å²) in [4.78, 5) is 11.7. The van der Waals surface area contributed by atoms with Crippen molar-refractivity contribution < 1.29 is 13.2 Å². The van der Waals surface area contributed by atoms with Crippen molar-refractivity contribution in [3.05, 3.63) is 23.3 Å².